The first-order valence-corrected chi connectivity index (χ1v) is 7.71. The van der Waals surface area contributed by atoms with Gasteiger partial charge in [0.15, 0.2) is 0 Å². The molecule has 2 heterocycles. The normalized spacial score (nSPS) is 48.0. The van der Waals surface area contributed by atoms with Crippen LogP contribution >= 0.6 is 0 Å². The van der Waals surface area contributed by atoms with Crippen molar-refractivity contribution < 1.29 is 0 Å². The molecule has 3 fully saturated rings. The Hall–Kier alpha value is -0.0800. The third kappa shape index (κ3) is 2.68. The van der Waals surface area contributed by atoms with Crippen LogP contribution in [-0.2, 0) is 0 Å². The van der Waals surface area contributed by atoms with E-state index < -0.39 is 0 Å². The number of hydrogen-bond donors (Lipinski definition) is 1. The van der Waals surface area contributed by atoms with Gasteiger partial charge in [0.1, 0.15) is 0 Å². The molecule has 2 heteroatoms. The van der Waals surface area contributed by atoms with Gasteiger partial charge in [-0.25, -0.2) is 0 Å². The molecule has 98 valence electrons. The van der Waals surface area contributed by atoms with Gasteiger partial charge in [-0.05, 0) is 56.9 Å². The molecule has 1 aliphatic carbocycles. The third-order valence-electron chi connectivity index (χ3n) is 5.22. The summed E-state index contributed by atoms with van der Waals surface area (Å²) in [7, 11) is 0. The molecule has 0 radical (unpaired) electrons. The Morgan fingerprint density at radius 3 is 2.35 bits per heavy atom. The molecule has 2 bridgehead atoms. The Labute approximate surface area is 106 Å². The summed E-state index contributed by atoms with van der Waals surface area (Å²) in [6.45, 7) is 7.56. The number of fused-ring (bicyclic) bond motifs is 2. The van der Waals surface area contributed by atoms with Crippen LogP contribution in [0.4, 0.5) is 0 Å². The fraction of sp³-hybridized carbons (Fsp3) is 1.00. The van der Waals surface area contributed by atoms with Crippen molar-refractivity contribution in [1.82, 2.24) is 10.2 Å². The minimum Gasteiger partial charge on any atom is -0.310 e. The summed E-state index contributed by atoms with van der Waals surface area (Å²) in [4.78, 5) is 2.82. The number of likely N-dealkylation sites (tertiary alicyclic amines) is 1. The Morgan fingerprint density at radius 1 is 0.882 bits per heavy atom. The fourth-order valence-electron chi connectivity index (χ4n) is 4.50. The van der Waals surface area contributed by atoms with Crippen molar-refractivity contribution >= 4 is 0 Å². The molecule has 2 aliphatic heterocycles. The minimum absolute atomic E-state index is 0.801. The second-order valence-corrected chi connectivity index (χ2v) is 6.99. The van der Waals surface area contributed by atoms with Gasteiger partial charge in [0.25, 0.3) is 0 Å². The van der Waals surface area contributed by atoms with Crippen LogP contribution in [0.2, 0.25) is 0 Å². The van der Waals surface area contributed by atoms with E-state index in [2.05, 4.69) is 24.1 Å². The largest absolute Gasteiger partial charge is 0.310 e. The lowest BCUT2D eigenvalue weighted by Crippen LogP contribution is -2.44. The molecular weight excluding hydrogens is 208 g/mol. The fourth-order valence-corrected chi connectivity index (χ4v) is 4.50. The number of hydrogen-bond acceptors (Lipinski definition) is 2. The predicted octanol–water partition coefficient (Wildman–Crippen LogP) is 2.64. The standard InChI is InChI=1S/C15H28N2/c1-11-7-12(2)9-15(8-11)17-6-5-13-3-4-14(10-17)16-13/h11-16H,3-10H2,1-2H3. The van der Waals surface area contributed by atoms with Crippen molar-refractivity contribution in [2.24, 2.45) is 11.8 Å². The van der Waals surface area contributed by atoms with Crippen molar-refractivity contribution in [2.75, 3.05) is 13.1 Å². The average Bonchev–Trinajstić information content (AvgIpc) is 2.56. The summed E-state index contributed by atoms with van der Waals surface area (Å²) in [5, 5.41) is 3.80. The van der Waals surface area contributed by atoms with E-state index in [1.807, 2.05) is 0 Å². The molecule has 0 aromatic carbocycles. The highest BCUT2D eigenvalue weighted by atomic mass is 15.2. The zero-order valence-corrected chi connectivity index (χ0v) is 11.5. The second-order valence-electron chi connectivity index (χ2n) is 6.99. The van der Waals surface area contributed by atoms with Crippen LogP contribution in [0, 0.1) is 11.8 Å². The lowest BCUT2D eigenvalue weighted by molar-refractivity contribution is 0.105. The molecule has 3 aliphatic rings. The minimum atomic E-state index is 0.801. The third-order valence-corrected chi connectivity index (χ3v) is 5.22. The van der Waals surface area contributed by atoms with Crippen LogP contribution in [-0.4, -0.2) is 36.1 Å². The van der Waals surface area contributed by atoms with Crippen LogP contribution in [0.1, 0.15) is 52.4 Å². The maximum Gasteiger partial charge on any atom is 0.0198 e. The van der Waals surface area contributed by atoms with Crippen LogP contribution in [0.15, 0.2) is 0 Å². The quantitative estimate of drug-likeness (QED) is 0.753. The first-order chi connectivity index (χ1) is 8.20. The molecule has 2 nitrogen and oxygen atoms in total. The van der Waals surface area contributed by atoms with Crippen LogP contribution in [0.3, 0.4) is 0 Å². The van der Waals surface area contributed by atoms with Gasteiger partial charge < -0.3 is 5.32 Å². The Balaban J connectivity index is 1.63. The van der Waals surface area contributed by atoms with Crippen molar-refractivity contribution in [3.63, 3.8) is 0 Å². The van der Waals surface area contributed by atoms with Gasteiger partial charge in [-0.1, -0.05) is 13.8 Å². The predicted molar refractivity (Wildman–Crippen MR) is 72.1 cm³/mol. The highest BCUT2D eigenvalue weighted by molar-refractivity contribution is 4.92. The highest BCUT2D eigenvalue weighted by Crippen LogP contribution is 2.33. The van der Waals surface area contributed by atoms with Gasteiger partial charge in [-0.15, -0.1) is 0 Å². The van der Waals surface area contributed by atoms with Crippen molar-refractivity contribution in [2.45, 2.75) is 70.5 Å². The van der Waals surface area contributed by atoms with E-state index in [0.717, 1.165) is 30.0 Å². The Bertz CT molecular complexity index is 256. The van der Waals surface area contributed by atoms with Gasteiger partial charge in [0.05, 0.1) is 0 Å². The monoisotopic (exact) mass is 236 g/mol. The smallest absolute Gasteiger partial charge is 0.0198 e. The summed E-state index contributed by atoms with van der Waals surface area (Å²) in [5.74, 6) is 1.88. The van der Waals surface area contributed by atoms with E-state index in [-0.39, 0.29) is 0 Å². The van der Waals surface area contributed by atoms with Gasteiger partial charge >= 0.3 is 0 Å². The Kier molecular flexibility index (Phi) is 3.45. The van der Waals surface area contributed by atoms with Crippen LogP contribution < -0.4 is 5.32 Å². The first kappa shape index (κ1) is 12.0. The zero-order valence-electron chi connectivity index (χ0n) is 11.5. The molecule has 0 amide bonds. The molecule has 0 aromatic heterocycles. The maximum absolute atomic E-state index is 3.80. The van der Waals surface area contributed by atoms with Crippen molar-refractivity contribution in [3.8, 4) is 0 Å². The van der Waals surface area contributed by atoms with Crippen LogP contribution in [0.5, 0.6) is 0 Å². The van der Waals surface area contributed by atoms with Gasteiger partial charge in [-0.3, -0.25) is 4.90 Å². The summed E-state index contributed by atoms with van der Waals surface area (Å²) >= 11 is 0. The molecule has 0 spiro atoms. The van der Waals surface area contributed by atoms with E-state index in [9.17, 15) is 0 Å². The summed E-state index contributed by atoms with van der Waals surface area (Å²) in [5.41, 5.74) is 0. The van der Waals surface area contributed by atoms with E-state index in [1.54, 1.807) is 0 Å². The Morgan fingerprint density at radius 2 is 1.59 bits per heavy atom. The average molecular weight is 236 g/mol. The topological polar surface area (TPSA) is 15.3 Å². The molecule has 3 rings (SSSR count). The van der Waals surface area contributed by atoms with Crippen molar-refractivity contribution in [3.05, 3.63) is 0 Å². The number of nitrogens with one attached hydrogen (secondary N) is 1. The second kappa shape index (κ2) is 4.89. The lowest BCUT2D eigenvalue weighted by atomic mass is 9.79. The van der Waals surface area contributed by atoms with Crippen LogP contribution in [0.25, 0.3) is 0 Å². The summed E-state index contributed by atoms with van der Waals surface area (Å²) < 4.78 is 0. The zero-order chi connectivity index (χ0) is 11.8. The molecule has 1 saturated carbocycles. The molecule has 17 heavy (non-hydrogen) atoms. The summed E-state index contributed by atoms with van der Waals surface area (Å²) in [6.07, 6.45) is 8.57. The van der Waals surface area contributed by atoms with E-state index >= 15 is 0 Å². The molecule has 1 N–H and O–H groups in total. The SMILES string of the molecule is CC1CC(C)CC(N2CCC3CCC(C2)N3)C1. The molecule has 0 aromatic rings. The lowest BCUT2D eigenvalue weighted by Gasteiger charge is -2.40. The first-order valence-electron chi connectivity index (χ1n) is 7.71. The number of rotatable bonds is 1. The number of nitrogens with zero attached hydrogens (tertiary/aromatic N) is 1. The van der Waals surface area contributed by atoms with E-state index in [4.69, 9.17) is 0 Å². The van der Waals surface area contributed by atoms with Gasteiger partial charge in [0, 0.05) is 24.7 Å². The highest BCUT2D eigenvalue weighted by Gasteiger charge is 2.34. The molecular formula is C15H28N2. The van der Waals surface area contributed by atoms with E-state index in [1.165, 1.54) is 51.6 Å². The van der Waals surface area contributed by atoms with E-state index in [0.29, 0.717) is 0 Å². The molecule has 2 saturated heterocycles. The van der Waals surface area contributed by atoms with Gasteiger partial charge in [-0.2, -0.15) is 0 Å². The maximum atomic E-state index is 3.80. The summed E-state index contributed by atoms with van der Waals surface area (Å²) in [6, 6.07) is 2.52. The van der Waals surface area contributed by atoms with Gasteiger partial charge in [0.2, 0.25) is 0 Å². The molecule has 4 atom stereocenters. The molecule has 4 unspecified atom stereocenters. The van der Waals surface area contributed by atoms with Crippen molar-refractivity contribution in [1.29, 1.82) is 0 Å².